The van der Waals surface area contributed by atoms with E-state index >= 15 is 0 Å². The predicted molar refractivity (Wildman–Crippen MR) is 101 cm³/mol. The Morgan fingerprint density at radius 3 is 2.04 bits per heavy atom. The number of para-hydroxylation sites is 1. The van der Waals surface area contributed by atoms with Crippen LogP contribution in [0.4, 0.5) is 5.69 Å². The average Bonchev–Trinajstić information content (AvgIpc) is 2.61. The van der Waals surface area contributed by atoms with Crippen molar-refractivity contribution in [3.05, 3.63) is 29.8 Å². The van der Waals surface area contributed by atoms with Gasteiger partial charge in [-0.05, 0) is 74.8 Å². The Morgan fingerprint density at radius 2 is 1.48 bits per heavy atom. The largest absolute Gasteiger partial charge is 0.368 e. The normalized spacial score (nSPS) is 36.8. The quantitative estimate of drug-likeness (QED) is 0.817. The number of anilines is 1. The van der Waals surface area contributed by atoms with Gasteiger partial charge in [0.2, 0.25) is 5.91 Å². The second kappa shape index (κ2) is 5.75. The maximum atomic E-state index is 13.5. The Labute approximate surface area is 151 Å². The van der Waals surface area contributed by atoms with Crippen molar-refractivity contribution in [1.29, 1.82) is 0 Å². The van der Waals surface area contributed by atoms with E-state index in [1.165, 1.54) is 49.8 Å². The molecule has 0 aromatic heterocycles. The van der Waals surface area contributed by atoms with E-state index in [-0.39, 0.29) is 5.41 Å². The molecule has 0 atom stereocenters. The predicted octanol–water partition coefficient (Wildman–Crippen LogP) is 3.86. The highest BCUT2D eigenvalue weighted by atomic mass is 16.2. The van der Waals surface area contributed by atoms with Crippen LogP contribution in [0, 0.1) is 30.1 Å². The van der Waals surface area contributed by atoms with Gasteiger partial charge in [0.25, 0.3) is 0 Å². The lowest BCUT2D eigenvalue weighted by molar-refractivity contribution is -0.158. The molecule has 1 aliphatic heterocycles. The van der Waals surface area contributed by atoms with Crippen LogP contribution < -0.4 is 4.90 Å². The molecule has 1 aromatic carbocycles. The minimum absolute atomic E-state index is 0.0274. The summed E-state index contributed by atoms with van der Waals surface area (Å²) in [5, 5.41) is 0. The lowest BCUT2D eigenvalue weighted by Gasteiger charge is -2.57. The Hall–Kier alpha value is -1.51. The molecule has 0 spiro atoms. The van der Waals surface area contributed by atoms with Gasteiger partial charge < -0.3 is 9.80 Å². The van der Waals surface area contributed by atoms with Gasteiger partial charge in [0.05, 0.1) is 5.41 Å². The van der Waals surface area contributed by atoms with Crippen LogP contribution in [0.2, 0.25) is 0 Å². The minimum atomic E-state index is 0.0274. The maximum Gasteiger partial charge on any atom is 0.228 e. The lowest BCUT2D eigenvalue weighted by atomic mass is 9.49. The molecule has 1 saturated heterocycles. The van der Waals surface area contributed by atoms with E-state index in [1.807, 2.05) is 0 Å². The van der Waals surface area contributed by atoms with Gasteiger partial charge in [0, 0.05) is 31.9 Å². The number of nitrogens with zero attached hydrogens (tertiary/aromatic N) is 2. The van der Waals surface area contributed by atoms with E-state index in [0.29, 0.717) is 5.91 Å². The molecule has 1 aromatic rings. The van der Waals surface area contributed by atoms with Crippen molar-refractivity contribution in [2.75, 3.05) is 31.1 Å². The topological polar surface area (TPSA) is 23.6 Å². The zero-order valence-corrected chi connectivity index (χ0v) is 15.4. The van der Waals surface area contributed by atoms with E-state index < -0.39 is 0 Å². The summed E-state index contributed by atoms with van der Waals surface area (Å²) in [6.07, 6.45) is 7.80. The molecule has 0 radical (unpaired) electrons. The van der Waals surface area contributed by atoms with E-state index in [9.17, 15) is 4.79 Å². The first kappa shape index (κ1) is 15.7. The summed E-state index contributed by atoms with van der Waals surface area (Å²) in [7, 11) is 0. The highest BCUT2D eigenvalue weighted by Gasteiger charge is 2.55. The number of benzene rings is 1. The fraction of sp³-hybridized carbons (Fsp3) is 0.682. The van der Waals surface area contributed by atoms with Crippen molar-refractivity contribution < 1.29 is 4.79 Å². The Kier molecular flexibility index (Phi) is 3.62. The fourth-order valence-corrected chi connectivity index (χ4v) is 6.78. The summed E-state index contributed by atoms with van der Waals surface area (Å²) >= 11 is 0. The molecule has 3 nitrogen and oxygen atoms in total. The van der Waals surface area contributed by atoms with Crippen molar-refractivity contribution in [2.24, 2.45) is 23.2 Å². The highest BCUT2D eigenvalue weighted by Crippen LogP contribution is 2.60. The molecule has 0 unspecified atom stereocenters. The zero-order chi connectivity index (χ0) is 17.0. The number of aryl methyl sites for hydroxylation is 1. The first-order valence-corrected chi connectivity index (χ1v) is 10.2. The maximum absolute atomic E-state index is 13.5. The summed E-state index contributed by atoms with van der Waals surface area (Å²) in [6, 6.07) is 8.62. The van der Waals surface area contributed by atoms with Crippen LogP contribution in [0.5, 0.6) is 0 Å². The first-order chi connectivity index (χ1) is 12.1. The van der Waals surface area contributed by atoms with Crippen LogP contribution in [0.25, 0.3) is 0 Å². The van der Waals surface area contributed by atoms with E-state index in [4.69, 9.17) is 0 Å². The van der Waals surface area contributed by atoms with Crippen molar-refractivity contribution in [2.45, 2.75) is 45.4 Å². The second-order valence-electron chi connectivity index (χ2n) is 9.26. The molecule has 5 fully saturated rings. The molecule has 4 aliphatic carbocycles. The molecule has 6 rings (SSSR count). The van der Waals surface area contributed by atoms with Gasteiger partial charge >= 0.3 is 0 Å². The van der Waals surface area contributed by atoms with Gasteiger partial charge in [-0.2, -0.15) is 0 Å². The number of carbonyl (C=O) groups is 1. The van der Waals surface area contributed by atoms with Gasteiger partial charge in [-0.15, -0.1) is 0 Å². The SMILES string of the molecule is Cc1ccccc1N1CCN(C(=O)C23CC4CC(CC(C4)C2)C3)CC1. The van der Waals surface area contributed by atoms with Crippen LogP contribution >= 0.6 is 0 Å². The standard InChI is InChI=1S/C22H30N2O/c1-16-4-2-3-5-20(16)23-6-8-24(9-7-23)21(25)22-13-17-10-18(14-22)12-19(11-17)15-22/h2-5,17-19H,6-15H2,1H3. The lowest BCUT2D eigenvalue weighted by Crippen LogP contribution is -2.58. The van der Waals surface area contributed by atoms with Crippen molar-refractivity contribution in [1.82, 2.24) is 4.90 Å². The van der Waals surface area contributed by atoms with Crippen molar-refractivity contribution >= 4 is 11.6 Å². The third-order valence-corrected chi connectivity index (χ3v) is 7.51. The molecule has 0 N–H and O–H groups in total. The number of hydrogen-bond donors (Lipinski definition) is 0. The highest BCUT2D eigenvalue weighted by molar-refractivity contribution is 5.83. The van der Waals surface area contributed by atoms with E-state index in [1.54, 1.807) is 0 Å². The zero-order valence-electron chi connectivity index (χ0n) is 15.4. The number of hydrogen-bond acceptors (Lipinski definition) is 2. The molecule has 4 saturated carbocycles. The molecule has 4 bridgehead atoms. The van der Waals surface area contributed by atoms with Gasteiger partial charge in [0.15, 0.2) is 0 Å². The molecule has 1 amide bonds. The van der Waals surface area contributed by atoms with Crippen molar-refractivity contribution in [3.63, 3.8) is 0 Å². The molecule has 134 valence electrons. The first-order valence-electron chi connectivity index (χ1n) is 10.2. The van der Waals surface area contributed by atoms with Crippen LogP contribution in [-0.4, -0.2) is 37.0 Å². The van der Waals surface area contributed by atoms with Gasteiger partial charge in [-0.25, -0.2) is 0 Å². The number of rotatable bonds is 2. The van der Waals surface area contributed by atoms with Gasteiger partial charge in [0.1, 0.15) is 0 Å². The van der Waals surface area contributed by atoms with Crippen LogP contribution in [0.1, 0.15) is 44.1 Å². The molecular weight excluding hydrogens is 308 g/mol. The number of carbonyl (C=O) groups excluding carboxylic acids is 1. The minimum Gasteiger partial charge on any atom is -0.368 e. The van der Waals surface area contributed by atoms with Crippen LogP contribution in [0.15, 0.2) is 24.3 Å². The summed E-state index contributed by atoms with van der Waals surface area (Å²) in [5.41, 5.74) is 2.70. The number of piperazine rings is 1. The molecular formula is C22H30N2O. The van der Waals surface area contributed by atoms with Gasteiger partial charge in [-0.3, -0.25) is 4.79 Å². The van der Waals surface area contributed by atoms with Crippen LogP contribution in [-0.2, 0) is 4.79 Å². The van der Waals surface area contributed by atoms with E-state index in [2.05, 4.69) is 41.0 Å². The summed E-state index contributed by atoms with van der Waals surface area (Å²) in [4.78, 5) is 18.1. The Balaban J connectivity index is 1.28. The smallest absolute Gasteiger partial charge is 0.228 e. The monoisotopic (exact) mass is 338 g/mol. The molecule has 5 aliphatic rings. The summed E-state index contributed by atoms with van der Waals surface area (Å²) in [6.45, 7) is 5.93. The summed E-state index contributed by atoms with van der Waals surface area (Å²) in [5.74, 6) is 3.06. The Morgan fingerprint density at radius 1 is 0.920 bits per heavy atom. The molecule has 3 heteroatoms. The molecule has 25 heavy (non-hydrogen) atoms. The molecule has 1 heterocycles. The third kappa shape index (κ3) is 2.58. The van der Waals surface area contributed by atoms with Crippen molar-refractivity contribution in [3.8, 4) is 0 Å². The number of amides is 1. The second-order valence-corrected chi connectivity index (χ2v) is 9.26. The average molecular weight is 338 g/mol. The third-order valence-electron chi connectivity index (χ3n) is 7.51. The van der Waals surface area contributed by atoms with E-state index in [0.717, 1.165) is 43.9 Å². The Bertz CT molecular complexity index is 639. The van der Waals surface area contributed by atoms with Gasteiger partial charge in [-0.1, -0.05) is 18.2 Å². The fourth-order valence-electron chi connectivity index (χ4n) is 6.78. The van der Waals surface area contributed by atoms with Crippen LogP contribution in [0.3, 0.4) is 0 Å². The summed E-state index contributed by atoms with van der Waals surface area (Å²) < 4.78 is 0.